The number of hydrogen-bond donors (Lipinski definition) is 2. The maximum absolute atomic E-state index is 6.45. The third-order valence-electron chi connectivity index (χ3n) is 4.87. The molecule has 0 aromatic carbocycles. The van der Waals surface area contributed by atoms with Crippen LogP contribution in [0.2, 0.25) is 0 Å². The van der Waals surface area contributed by atoms with Crippen LogP contribution in [0, 0.1) is 0 Å². The van der Waals surface area contributed by atoms with E-state index in [0.29, 0.717) is 11.7 Å². The van der Waals surface area contributed by atoms with Crippen molar-refractivity contribution in [2.45, 2.75) is 32.1 Å². The molecule has 1 atom stereocenters. The second-order valence-electron chi connectivity index (χ2n) is 6.45. The van der Waals surface area contributed by atoms with Crippen molar-refractivity contribution < 1.29 is 0 Å². The molecular formula is C17H23N7. The van der Waals surface area contributed by atoms with Crippen LogP contribution >= 0.6 is 0 Å². The molecule has 24 heavy (non-hydrogen) atoms. The Labute approximate surface area is 140 Å². The predicted octanol–water partition coefficient (Wildman–Crippen LogP) is 1.74. The molecule has 1 fully saturated rings. The molecule has 3 aromatic rings. The second-order valence-corrected chi connectivity index (χ2v) is 6.45. The molecule has 0 radical (unpaired) electrons. The molecule has 4 rings (SSSR count). The molecule has 0 saturated carbocycles. The maximum atomic E-state index is 6.45. The van der Waals surface area contributed by atoms with E-state index in [9.17, 15) is 0 Å². The molecule has 3 aromatic heterocycles. The molecule has 0 amide bonds. The lowest BCUT2D eigenvalue weighted by Gasteiger charge is -2.25. The average molecular weight is 325 g/mol. The first-order valence-corrected chi connectivity index (χ1v) is 8.54. The van der Waals surface area contributed by atoms with Crippen molar-refractivity contribution in [3.05, 3.63) is 29.8 Å². The van der Waals surface area contributed by atoms with Crippen LogP contribution in [0.15, 0.2) is 18.6 Å². The summed E-state index contributed by atoms with van der Waals surface area (Å²) in [5.41, 5.74) is 11.5. The van der Waals surface area contributed by atoms with Crippen LogP contribution in [0.1, 0.15) is 36.9 Å². The smallest absolute Gasteiger partial charge is 0.165 e. The number of nitrogens with one attached hydrogen (secondary N) is 1. The Kier molecular flexibility index (Phi) is 3.72. The number of nitrogen functional groups attached to an aromatic ring is 1. The van der Waals surface area contributed by atoms with Gasteiger partial charge < -0.3 is 11.1 Å². The van der Waals surface area contributed by atoms with Gasteiger partial charge in [0.2, 0.25) is 0 Å². The maximum Gasteiger partial charge on any atom is 0.165 e. The summed E-state index contributed by atoms with van der Waals surface area (Å²) < 4.78 is 3.55. The Balaban J connectivity index is 1.91. The summed E-state index contributed by atoms with van der Waals surface area (Å²) in [6, 6.07) is 0. The Hall–Kier alpha value is -2.41. The lowest BCUT2D eigenvalue weighted by Crippen LogP contribution is -2.30. The summed E-state index contributed by atoms with van der Waals surface area (Å²) in [6.45, 7) is 4.18. The summed E-state index contributed by atoms with van der Waals surface area (Å²) >= 11 is 0. The van der Waals surface area contributed by atoms with Gasteiger partial charge in [-0.25, -0.2) is 4.98 Å². The van der Waals surface area contributed by atoms with Gasteiger partial charge in [0.25, 0.3) is 0 Å². The van der Waals surface area contributed by atoms with Crippen molar-refractivity contribution >= 4 is 11.5 Å². The molecule has 4 heterocycles. The zero-order valence-corrected chi connectivity index (χ0v) is 14.2. The van der Waals surface area contributed by atoms with Crippen LogP contribution in [0.25, 0.3) is 16.8 Å². The van der Waals surface area contributed by atoms with Gasteiger partial charge in [0.15, 0.2) is 5.65 Å². The number of piperidine rings is 1. The number of nitrogens with zero attached hydrogens (tertiary/aromatic N) is 5. The summed E-state index contributed by atoms with van der Waals surface area (Å²) in [7, 11) is 1.91. The fourth-order valence-electron chi connectivity index (χ4n) is 3.62. The zero-order chi connectivity index (χ0) is 16.7. The van der Waals surface area contributed by atoms with Crippen molar-refractivity contribution in [3.8, 4) is 11.1 Å². The minimum atomic E-state index is 0.414. The topological polar surface area (TPSA) is 86.1 Å². The van der Waals surface area contributed by atoms with Gasteiger partial charge >= 0.3 is 0 Å². The van der Waals surface area contributed by atoms with Gasteiger partial charge in [-0.3, -0.25) is 4.68 Å². The summed E-state index contributed by atoms with van der Waals surface area (Å²) in [5, 5.41) is 12.2. The first-order valence-electron chi connectivity index (χ1n) is 8.54. The number of rotatable bonds is 3. The molecule has 0 aliphatic carbocycles. The Bertz CT molecular complexity index is 871. The standard InChI is InChI=1S/C17H23N7/c1-3-13-15(11-5-4-6-19-7-11)22-17-14(9-21-24(17)16(13)18)12-8-20-23(2)10-12/h8-11,19H,3-7,18H2,1-2H3/t11-/m1/s1. The van der Waals surface area contributed by atoms with Crippen molar-refractivity contribution in [1.29, 1.82) is 0 Å². The van der Waals surface area contributed by atoms with Crippen molar-refractivity contribution in [1.82, 2.24) is 29.7 Å². The number of fused-ring (bicyclic) bond motifs is 1. The quantitative estimate of drug-likeness (QED) is 0.766. The fraction of sp³-hybridized carbons (Fsp3) is 0.471. The van der Waals surface area contributed by atoms with Gasteiger partial charge in [0.05, 0.1) is 18.1 Å². The van der Waals surface area contributed by atoms with Crippen LogP contribution in [0.5, 0.6) is 0 Å². The number of anilines is 1. The normalized spacial score (nSPS) is 18.3. The molecule has 1 saturated heterocycles. The highest BCUT2D eigenvalue weighted by Gasteiger charge is 2.24. The van der Waals surface area contributed by atoms with E-state index >= 15 is 0 Å². The van der Waals surface area contributed by atoms with E-state index < -0.39 is 0 Å². The zero-order valence-electron chi connectivity index (χ0n) is 14.2. The highest BCUT2D eigenvalue weighted by molar-refractivity contribution is 5.77. The van der Waals surface area contributed by atoms with Gasteiger partial charge in [-0.1, -0.05) is 6.92 Å². The van der Waals surface area contributed by atoms with E-state index in [1.165, 1.54) is 6.42 Å². The minimum absolute atomic E-state index is 0.414. The van der Waals surface area contributed by atoms with E-state index in [-0.39, 0.29) is 0 Å². The van der Waals surface area contributed by atoms with E-state index in [4.69, 9.17) is 10.7 Å². The van der Waals surface area contributed by atoms with Crippen LogP contribution in [-0.4, -0.2) is 37.5 Å². The van der Waals surface area contributed by atoms with Crippen LogP contribution in [0.4, 0.5) is 5.82 Å². The van der Waals surface area contributed by atoms with Crippen LogP contribution in [-0.2, 0) is 13.5 Å². The van der Waals surface area contributed by atoms with Gasteiger partial charge in [-0.05, 0) is 25.8 Å². The number of nitrogens with two attached hydrogens (primary N) is 1. The molecule has 1 aliphatic heterocycles. The average Bonchev–Trinajstić information content (AvgIpc) is 3.21. The molecule has 1 aliphatic rings. The van der Waals surface area contributed by atoms with E-state index in [1.54, 1.807) is 9.20 Å². The molecule has 7 heteroatoms. The van der Waals surface area contributed by atoms with Crippen LogP contribution in [0.3, 0.4) is 0 Å². The summed E-state index contributed by atoms with van der Waals surface area (Å²) in [4.78, 5) is 5.02. The first kappa shape index (κ1) is 15.1. The Morgan fingerprint density at radius 3 is 2.88 bits per heavy atom. The number of aromatic nitrogens is 5. The molecule has 0 bridgehead atoms. The van der Waals surface area contributed by atoms with Gasteiger partial charge in [-0.2, -0.15) is 14.7 Å². The SMILES string of the molecule is CCc1c([C@@H]2CCCNC2)nc2c(-c3cnn(C)c3)cnn2c1N. The Morgan fingerprint density at radius 2 is 2.21 bits per heavy atom. The summed E-state index contributed by atoms with van der Waals surface area (Å²) in [5.74, 6) is 1.12. The largest absolute Gasteiger partial charge is 0.383 e. The predicted molar refractivity (Wildman–Crippen MR) is 93.8 cm³/mol. The second kappa shape index (κ2) is 5.90. The van der Waals surface area contributed by atoms with Gasteiger partial charge in [-0.15, -0.1) is 0 Å². The number of hydrogen-bond acceptors (Lipinski definition) is 5. The Morgan fingerprint density at radius 1 is 1.33 bits per heavy atom. The van der Waals surface area contributed by atoms with Gasteiger partial charge in [0, 0.05) is 42.4 Å². The summed E-state index contributed by atoms with van der Waals surface area (Å²) in [6.07, 6.45) is 8.84. The van der Waals surface area contributed by atoms with E-state index in [1.807, 2.05) is 25.6 Å². The third-order valence-corrected chi connectivity index (χ3v) is 4.87. The van der Waals surface area contributed by atoms with Gasteiger partial charge in [0.1, 0.15) is 5.82 Å². The molecule has 126 valence electrons. The molecule has 0 unspecified atom stereocenters. The monoisotopic (exact) mass is 325 g/mol. The molecular weight excluding hydrogens is 302 g/mol. The first-order chi connectivity index (χ1) is 11.7. The van der Waals surface area contributed by atoms with Crippen molar-refractivity contribution in [2.24, 2.45) is 7.05 Å². The lowest BCUT2D eigenvalue weighted by molar-refractivity contribution is 0.452. The molecule has 3 N–H and O–H groups in total. The highest BCUT2D eigenvalue weighted by Crippen LogP contribution is 2.32. The number of aryl methyl sites for hydroxylation is 1. The third kappa shape index (κ3) is 2.36. The van der Waals surface area contributed by atoms with E-state index in [2.05, 4.69) is 22.4 Å². The van der Waals surface area contributed by atoms with E-state index in [0.717, 1.165) is 54.0 Å². The lowest BCUT2D eigenvalue weighted by atomic mass is 9.92. The molecule has 7 nitrogen and oxygen atoms in total. The highest BCUT2D eigenvalue weighted by atomic mass is 15.3. The van der Waals surface area contributed by atoms with Crippen molar-refractivity contribution in [3.63, 3.8) is 0 Å². The fourth-order valence-corrected chi connectivity index (χ4v) is 3.62. The molecule has 0 spiro atoms. The van der Waals surface area contributed by atoms with Crippen LogP contribution < -0.4 is 11.1 Å². The van der Waals surface area contributed by atoms with Crippen molar-refractivity contribution in [2.75, 3.05) is 18.8 Å². The minimum Gasteiger partial charge on any atom is -0.383 e.